The zero-order valence-corrected chi connectivity index (χ0v) is 17.4. The molecule has 2 aromatic rings. The van der Waals surface area contributed by atoms with Gasteiger partial charge in [-0.15, -0.1) is 0 Å². The summed E-state index contributed by atoms with van der Waals surface area (Å²) < 4.78 is 1.24. The second-order valence-corrected chi connectivity index (χ2v) is 9.17. The number of carbonyl (C=O) groups is 3. The number of nitrogens with one attached hydrogen (secondary N) is 1. The number of amides is 3. The molecule has 3 rings (SSSR count). The maximum Gasteiger partial charge on any atom is 0.327 e. The quantitative estimate of drug-likeness (QED) is 0.805. The molecular weight excluding hydrogens is 390 g/mol. The van der Waals surface area contributed by atoms with Crippen LogP contribution in [0, 0.1) is 0 Å². The van der Waals surface area contributed by atoms with E-state index in [0.29, 0.717) is 18.8 Å². The van der Waals surface area contributed by atoms with Crippen LogP contribution in [0.1, 0.15) is 13.8 Å². The van der Waals surface area contributed by atoms with Gasteiger partial charge in [-0.1, -0.05) is 18.2 Å². The minimum Gasteiger partial charge on any atom is -0.339 e. The van der Waals surface area contributed by atoms with Gasteiger partial charge in [0, 0.05) is 41.7 Å². The summed E-state index contributed by atoms with van der Waals surface area (Å²) in [5, 5.41) is 2.57. The van der Waals surface area contributed by atoms with E-state index in [9.17, 15) is 14.4 Å². The number of nitrogens with zero attached hydrogens (tertiary/aromatic N) is 4. The molecule has 0 spiro atoms. The Kier molecular flexibility index (Phi) is 6.58. The van der Waals surface area contributed by atoms with Gasteiger partial charge in [-0.3, -0.25) is 14.2 Å². The third-order valence-electron chi connectivity index (χ3n) is 4.57. The van der Waals surface area contributed by atoms with Crippen LogP contribution in [0.25, 0.3) is 0 Å². The molecule has 0 saturated carbocycles. The third-order valence-corrected chi connectivity index (χ3v) is 5.87. The summed E-state index contributed by atoms with van der Waals surface area (Å²) >= 11 is 1.84. The summed E-state index contributed by atoms with van der Waals surface area (Å²) in [5.41, 5.74) is 0.619. The molecule has 9 heteroatoms. The minimum absolute atomic E-state index is 0.00568. The molecule has 3 amide bonds. The smallest absolute Gasteiger partial charge is 0.327 e. The van der Waals surface area contributed by atoms with E-state index in [1.165, 1.54) is 28.2 Å². The topological polar surface area (TPSA) is 87.5 Å². The van der Waals surface area contributed by atoms with Gasteiger partial charge in [0.25, 0.3) is 0 Å². The molecule has 1 N–H and O–H groups in total. The lowest BCUT2D eigenvalue weighted by molar-refractivity contribution is -0.131. The predicted octanol–water partition coefficient (Wildman–Crippen LogP) is 1.83. The maximum atomic E-state index is 12.9. The van der Waals surface area contributed by atoms with Crippen LogP contribution in [0.4, 0.5) is 10.5 Å². The molecule has 1 aromatic heterocycles. The lowest BCUT2D eigenvalue weighted by Gasteiger charge is -2.38. The summed E-state index contributed by atoms with van der Waals surface area (Å²) in [4.78, 5) is 44.9. The Balaban J connectivity index is 1.68. The standard InChI is InChI=1S/C20H25N5O3S/c1-20(2)14-23(10-11-29-20)18(27)13-25(16-6-4-3-5-7-16)17(26)12-22-19(28)24-9-8-21-15-24/h3-9,15H,10-14H2,1-2H3,(H,22,28). The van der Waals surface area contributed by atoms with E-state index in [1.54, 1.807) is 12.1 Å². The first-order valence-corrected chi connectivity index (χ1v) is 10.4. The van der Waals surface area contributed by atoms with E-state index in [0.717, 1.165) is 5.75 Å². The molecule has 1 aliphatic rings. The molecule has 2 heterocycles. The second kappa shape index (κ2) is 9.13. The van der Waals surface area contributed by atoms with Crippen molar-refractivity contribution < 1.29 is 14.4 Å². The Labute approximate surface area is 174 Å². The van der Waals surface area contributed by atoms with Crippen LogP contribution < -0.4 is 10.2 Å². The average molecular weight is 416 g/mol. The van der Waals surface area contributed by atoms with E-state index in [-0.39, 0.29) is 29.7 Å². The van der Waals surface area contributed by atoms with Crippen molar-refractivity contribution >= 4 is 35.3 Å². The van der Waals surface area contributed by atoms with E-state index < -0.39 is 6.03 Å². The highest BCUT2D eigenvalue weighted by Gasteiger charge is 2.31. The lowest BCUT2D eigenvalue weighted by atomic mass is 10.2. The van der Waals surface area contributed by atoms with Crippen molar-refractivity contribution in [2.24, 2.45) is 0 Å². The van der Waals surface area contributed by atoms with Crippen molar-refractivity contribution in [1.29, 1.82) is 0 Å². The van der Waals surface area contributed by atoms with E-state index >= 15 is 0 Å². The van der Waals surface area contributed by atoms with Crippen LogP contribution >= 0.6 is 11.8 Å². The Morgan fingerprint density at radius 2 is 2.00 bits per heavy atom. The Morgan fingerprint density at radius 3 is 2.66 bits per heavy atom. The van der Waals surface area contributed by atoms with Crippen LogP contribution in [0.15, 0.2) is 49.1 Å². The van der Waals surface area contributed by atoms with Crippen molar-refractivity contribution in [3.63, 3.8) is 0 Å². The number of anilines is 1. The summed E-state index contributed by atoms with van der Waals surface area (Å²) in [6.45, 7) is 5.25. The fourth-order valence-corrected chi connectivity index (χ4v) is 4.22. The zero-order chi connectivity index (χ0) is 20.9. The molecule has 1 aliphatic heterocycles. The highest BCUT2D eigenvalue weighted by molar-refractivity contribution is 8.00. The summed E-state index contributed by atoms with van der Waals surface area (Å²) in [6, 6.07) is 8.57. The molecule has 8 nitrogen and oxygen atoms in total. The van der Waals surface area contributed by atoms with Crippen LogP contribution in [0.3, 0.4) is 0 Å². The molecular formula is C20H25N5O3S. The molecule has 0 unspecified atom stereocenters. The van der Waals surface area contributed by atoms with Gasteiger partial charge in [0.1, 0.15) is 12.9 Å². The number of rotatable bonds is 5. The molecule has 1 fully saturated rings. The number of aromatic nitrogens is 2. The lowest BCUT2D eigenvalue weighted by Crippen LogP contribution is -2.51. The fraction of sp³-hybridized carbons (Fsp3) is 0.400. The van der Waals surface area contributed by atoms with Gasteiger partial charge < -0.3 is 15.1 Å². The van der Waals surface area contributed by atoms with Crippen molar-refractivity contribution in [1.82, 2.24) is 19.8 Å². The van der Waals surface area contributed by atoms with Gasteiger partial charge in [0.2, 0.25) is 11.8 Å². The molecule has 0 bridgehead atoms. The van der Waals surface area contributed by atoms with Gasteiger partial charge in [0.15, 0.2) is 0 Å². The van der Waals surface area contributed by atoms with Gasteiger partial charge in [-0.2, -0.15) is 11.8 Å². The zero-order valence-electron chi connectivity index (χ0n) is 16.6. The number of imidazole rings is 1. The van der Waals surface area contributed by atoms with Crippen LogP contribution in [0.5, 0.6) is 0 Å². The van der Waals surface area contributed by atoms with E-state index in [4.69, 9.17) is 0 Å². The summed E-state index contributed by atoms with van der Waals surface area (Å²) in [7, 11) is 0. The number of hydrogen-bond donors (Lipinski definition) is 1. The van der Waals surface area contributed by atoms with Gasteiger partial charge in [0.05, 0.1) is 6.54 Å². The number of thioether (sulfide) groups is 1. The average Bonchev–Trinajstić information content (AvgIpc) is 3.24. The van der Waals surface area contributed by atoms with Crippen LogP contribution in [-0.4, -0.2) is 69.0 Å². The highest BCUT2D eigenvalue weighted by atomic mass is 32.2. The van der Waals surface area contributed by atoms with Crippen molar-refractivity contribution in [3.8, 4) is 0 Å². The number of para-hydroxylation sites is 1. The van der Waals surface area contributed by atoms with Gasteiger partial charge >= 0.3 is 6.03 Å². The van der Waals surface area contributed by atoms with Crippen LogP contribution in [-0.2, 0) is 9.59 Å². The molecule has 1 aromatic carbocycles. The third kappa shape index (κ3) is 5.60. The van der Waals surface area contributed by atoms with Crippen molar-refractivity contribution in [3.05, 3.63) is 49.1 Å². The maximum absolute atomic E-state index is 12.9. The molecule has 0 atom stereocenters. The Morgan fingerprint density at radius 1 is 1.24 bits per heavy atom. The monoisotopic (exact) mass is 415 g/mol. The molecule has 154 valence electrons. The van der Waals surface area contributed by atoms with E-state index in [2.05, 4.69) is 24.1 Å². The van der Waals surface area contributed by atoms with Gasteiger partial charge in [-0.25, -0.2) is 9.78 Å². The predicted molar refractivity (Wildman–Crippen MR) is 113 cm³/mol. The van der Waals surface area contributed by atoms with Crippen LogP contribution in [0.2, 0.25) is 0 Å². The number of benzene rings is 1. The largest absolute Gasteiger partial charge is 0.339 e. The summed E-state index contributed by atoms with van der Waals surface area (Å²) in [5.74, 6) is 0.416. The Hall–Kier alpha value is -2.81. The van der Waals surface area contributed by atoms with Crippen molar-refractivity contribution in [2.45, 2.75) is 18.6 Å². The molecule has 0 radical (unpaired) electrons. The Bertz CT molecular complexity index is 854. The number of hydrogen-bond acceptors (Lipinski definition) is 5. The van der Waals surface area contributed by atoms with Gasteiger partial charge in [-0.05, 0) is 26.0 Å². The highest BCUT2D eigenvalue weighted by Crippen LogP contribution is 2.29. The number of carbonyl (C=O) groups excluding carboxylic acids is 3. The molecule has 0 aliphatic carbocycles. The van der Waals surface area contributed by atoms with E-state index in [1.807, 2.05) is 34.9 Å². The minimum atomic E-state index is -0.454. The first-order chi connectivity index (χ1) is 13.9. The molecule has 1 saturated heterocycles. The SMILES string of the molecule is CC1(C)CN(C(=O)CN(C(=O)CNC(=O)n2ccnc2)c2ccccc2)CCS1. The first-order valence-electron chi connectivity index (χ1n) is 9.39. The first kappa shape index (κ1) is 20.9. The summed E-state index contributed by atoms with van der Waals surface area (Å²) in [6.07, 6.45) is 4.33. The molecule has 29 heavy (non-hydrogen) atoms. The second-order valence-electron chi connectivity index (χ2n) is 7.37. The van der Waals surface area contributed by atoms with Crippen molar-refractivity contribution in [2.75, 3.05) is 36.8 Å². The normalized spacial score (nSPS) is 15.6. The fourth-order valence-electron chi connectivity index (χ4n) is 3.11.